The molecule has 2 aliphatic carbocycles. The van der Waals surface area contributed by atoms with E-state index in [9.17, 15) is 9.90 Å². The lowest BCUT2D eigenvalue weighted by Gasteiger charge is -2.46. The van der Waals surface area contributed by atoms with Crippen LogP contribution in [0.2, 0.25) is 0 Å². The fraction of sp³-hybridized carbons (Fsp3) is 0.833. The Labute approximate surface area is 123 Å². The van der Waals surface area contributed by atoms with Crippen molar-refractivity contribution >= 4 is 5.78 Å². The maximum absolute atomic E-state index is 13.1. The summed E-state index contributed by atoms with van der Waals surface area (Å²) in [6.45, 7) is 8.52. The van der Waals surface area contributed by atoms with Gasteiger partial charge in [0, 0.05) is 16.4 Å². The number of aliphatic hydroxyl groups is 1. The Balaban J connectivity index is 2.50. The van der Waals surface area contributed by atoms with Gasteiger partial charge in [0.25, 0.3) is 0 Å². The molecule has 1 fully saturated rings. The number of allylic oxidation sites excluding steroid dienone is 2. The normalized spacial score (nSPS) is 28.4. The van der Waals surface area contributed by atoms with Crippen LogP contribution in [0.25, 0.3) is 0 Å². The summed E-state index contributed by atoms with van der Waals surface area (Å²) >= 11 is 0. The number of ketones is 1. The molecule has 0 bridgehead atoms. The minimum Gasteiger partial charge on any atom is -0.511 e. The third-order valence-electron chi connectivity index (χ3n) is 6.54. The minimum atomic E-state index is -0.204. The van der Waals surface area contributed by atoms with Crippen LogP contribution in [0, 0.1) is 16.7 Å². The van der Waals surface area contributed by atoms with Gasteiger partial charge in [0.05, 0.1) is 0 Å². The van der Waals surface area contributed by atoms with E-state index in [1.165, 1.54) is 0 Å². The van der Waals surface area contributed by atoms with Crippen LogP contribution in [-0.2, 0) is 4.79 Å². The van der Waals surface area contributed by atoms with Crippen molar-refractivity contribution in [3.8, 4) is 0 Å². The summed E-state index contributed by atoms with van der Waals surface area (Å²) in [4.78, 5) is 13.1. The standard InChI is InChI=1S/C18H30O2/c1-5-17(6-2)11-9-13-10-12-18(7-3,8-4)16(20)14(13)15(17)19/h13,19H,5-12H2,1-4H3. The van der Waals surface area contributed by atoms with E-state index in [0.29, 0.717) is 11.7 Å². The van der Waals surface area contributed by atoms with Crippen LogP contribution in [0.15, 0.2) is 11.3 Å². The molecule has 0 radical (unpaired) electrons. The summed E-state index contributed by atoms with van der Waals surface area (Å²) in [5.74, 6) is 1.04. The van der Waals surface area contributed by atoms with Crippen molar-refractivity contribution in [1.29, 1.82) is 0 Å². The molecule has 0 spiro atoms. The summed E-state index contributed by atoms with van der Waals surface area (Å²) in [5, 5.41) is 10.9. The van der Waals surface area contributed by atoms with Crippen LogP contribution in [0.1, 0.15) is 79.1 Å². The molecule has 0 saturated heterocycles. The van der Waals surface area contributed by atoms with Crippen molar-refractivity contribution in [2.75, 3.05) is 0 Å². The first-order valence-corrected chi connectivity index (χ1v) is 8.48. The molecule has 1 N–H and O–H groups in total. The highest BCUT2D eigenvalue weighted by Crippen LogP contribution is 2.54. The second-order valence-electron chi connectivity index (χ2n) is 6.84. The molecule has 20 heavy (non-hydrogen) atoms. The summed E-state index contributed by atoms with van der Waals surface area (Å²) in [6.07, 6.45) is 7.87. The number of aliphatic hydroxyl groups excluding tert-OH is 1. The zero-order chi connectivity index (χ0) is 15.0. The first-order valence-electron chi connectivity index (χ1n) is 8.48. The Morgan fingerprint density at radius 2 is 1.40 bits per heavy atom. The topological polar surface area (TPSA) is 37.3 Å². The Bertz CT molecular complexity index is 411. The van der Waals surface area contributed by atoms with Gasteiger partial charge in [0.15, 0.2) is 5.78 Å². The molecule has 0 aromatic rings. The van der Waals surface area contributed by atoms with Gasteiger partial charge in [0.1, 0.15) is 5.76 Å². The summed E-state index contributed by atoms with van der Waals surface area (Å²) in [7, 11) is 0. The van der Waals surface area contributed by atoms with Gasteiger partial charge in [-0.3, -0.25) is 4.79 Å². The molecular formula is C18H30O2. The second-order valence-corrected chi connectivity index (χ2v) is 6.84. The number of fused-ring (bicyclic) bond motifs is 1. The fourth-order valence-electron chi connectivity index (χ4n) is 4.49. The van der Waals surface area contributed by atoms with Crippen LogP contribution in [0.4, 0.5) is 0 Å². The predicted octanol–water partition coefficient (Wildman–Crippen LogP) is 5.18. The van der Waals surface area contributed by atoms with E-state index in [0.717, 1.165) is 56.9 Å². The van der Waals surface area contributed by atoms with Crippen molar-refractivity contribution in [2.24, 2.45) is 16.7 Å². The lowest BCUT2D eigenvalue weighted by molar-refractivity contribution is -0.129. The van der Waals surface area contributed by atoms with Gasteiger partial charge in [-0.2, -0.15) is 0 Å². The van der Waals surface area contributed by atoms with Crippen molar-refractivity contribution in [3.05, 3.63) is 11.3 Å². The van der Waals surface area contributed by atoms with Gasteiger partial charge in [-0.1, -0.05) is 27.7 Å². The monoisotopic (exact) mass is 278 g/mol. The molecule has 1 atom stereocenters. The lowest BCUT2D eigenvalue weighted by atomic mass is 9.58. The zero-order valence-corrected chi connectivity index (χ0v) is 13.6. The van der Waals surface area contributed by atoms with Crippen LogP contribution in [0.5, 0.6) is 0 Å². The second kappa shape index (κ2) is 5.54. The van der Waals surface area contributed by atoms with E-state index in [1.54, 1.807) is 0 Å². The molecule has 114 valence electrons. The van der Waals surface area contributed by atoms with E-state index < -0.39 is 0 Å². The number of rotatable bonds is 4. The highest BCUT2D eigenvalue weighted by Gasteiger charge is 2.49. The van der Waals surface area contributed by atoms with E-state index >= 15 is 0 Å². The molecule has 1 saturated carbocycles. The third-order valence-corrected chi connectivity index (χ3v) is 6.54. The maximum Gasteiger partial charge on any atom is 0.168 e. The first kappa shape index (κ1) is 15.6. The Kier molecular flexibility index (Phi) is 4.32. The van der Waals surface area contributed by atoms with Gasteiger partial charge in [0.2, 0.25) is 0 Å². The van der Waals surface area contributed by atoms with Crippen molar-refractivity contribution in [3.63, 3.8) is 0 Å². The number of hydrogen-bond donors (Lipinski definition) is 1. The quantitative estimate of drug-likeness (QED) is 0.769. The van der Waals surface area contributed by atoms with Crippen LogP contribution in [0.3, 0.4) is 0 Å². The summed E-state index contributed by atoms with van der Waals surface area (Å²) in [6, 6.07) is 0. The highest BCUT2D eigenvalue weighted by atomic mass is 16.3. The number of carbonyl (C=O) groups excluding carboxylic acids is 1. The summed E-state index contributed by atoms with van der Waals surface area (Å²) in [5.41, 5.74) is 0.478. The molecule has 2 rings (SSSR count). The molecule has 0 aliphatic heterocycles. The molecule has 2 heteroatoms. The molecule has 2 nitrogen and oxygen atoms in total. The van der Waals surface area contributed by atoms with E-state index in [2.05, 4.69) is 27.7 Å². The van der Waals surface area contributed by atoms with Crippen molar-refractivity contribution in [1.82, 2.24) is 0 Å². The average Bonchev–Trinajstić information content (AvgIpc) is 2.49. The molecule has 0 aromatic heterocycles. The maximum atomic E-state index is 13.1. The SMILES string of the molecule is CCC1(CC)CCC2CCC(CC)(CC)C(O)=C2C1=O. The Morgan fingerprint density at radius 1 is 0.950 bits per heavy atom. The first-order chi connectivity index (χ1) is 9.50. The van der Waals surface area contributed by atoms with E-state index in [4.69, 9.17) is 0 Å². The zero-order valence-electron chi connectivity index (χ0n) is 13.6. The van der Waals surface area contributed by atoms with E-state index in [-0.39, 0.29) is 16.6 Å². The van der Waals surface area contributed by atoms with Gasteiger partial charge in [-0.05, 0) is 57.3 Å². The van der Waals surface area contributed by atoms with Crippen LogP contribution >= 0.6 is 0 Å². The largest absolute Gasteiger partial charge is 0.511 e. The molecule has 0 amide bonds. The third kappa shape index (κ3) is 2.03. The molecule has 2 aliphatic rings. The average molecular weight is 278 g/mol. The smallest absolute Gasteiger partial charge is 0.168 e. The van der Waals surface area contributed by atoms with Crippen LogP contribution in [-0.4, -0.2) is 10.9 Å². The fourth-order valence-corrected chi connectivity index (χ4v) is 4.49. The predicted molar refractivity (Wildman–Crippen MR) is 82.6 cm³/mol. The van der Waals surface area contributed by atoms with Crippen molar-refractivity contribution in [2.45, 2.75) is 79.1 Å². The highest BCUT2D eigenvalue weighted by molar-refractivity contribution is 6.01. The number of Topliss-reactive ketones (excluding diaryl/α,β-unsaturated/α-hetero) is 1. The molecule has 0 heterocycles. The number of hydrogen-bond acceptors (Lipinski definition) is 2. The van der Waals surface area contributed by atoms with Crippen LogP contribution < -0.4 is 0 Å². The summed E-state index contributed by atoms with van der Waals surface area (Å²) < 4.78 is 0. The van der Waals surface area contributed by atoms with Crippen molar-refractivity contribution < 1.29 is 9.90 Å². The van der Waals surface area contributed by atoms with Gasteiger partial charge in [-0.25, -0.2) is 0 Å². The lowest BCUT2D eigenvalue weighted by Crippen LogP contribution is -2.43. The minimum absolute atomic E-state index is 0.133. The van der Waals surface area contributed by atoms with E-state index in [1.807, 2.05) is 0 Å². The number of carbonyl (C=O) groups is 1. The Morgan fingerprint density at radius 3 is 1.85 bits per heavy atom. The van der Waals surface area contributed by atoms with Gasteiger partial charge >= 0.3 is 0 Å². The van der Waals surface area contributed by atoms with Gasteiger partial charge in [-0.15, -0.1) is 0 Å². The Hall–Kier alpha value is -0.790. The molecule has 0 aromatic carbocycles. The molecule has 1 unspecified atom stereocenters. The van der Waals surface area contributed by atoms with Gasteiger partial charge < -0.3 is 5.11 Å². The molecular weight excluding hydrogens is 248 g/mol.